The Labute approximate surface area is 148 Å². The third kappa shape index (κ3) is 3.85. The van der Waals surface area contributed by atoms with Gasteiger partial charge in [0, 0.05) is 31.6 Å². The van der Waals surface area contributed by atoms with Crippen LogP contribution in [-0.2, 0) is 24.3 Å². The third-order valence-electron chi connectivity index (χ3n) is 4.06. The Morgan fingerprint density at radius 2 is 1.92 bits per heavy atom. The number of nitrogens with zero attached hydrogens (tertiary/aromatic N) is 2. The molecule has 0 spiro atoms. The van der Waals surface area contributed by atoms with Crippen LogP contribution in [-0.4, -0.2) is 86.7 Å². The minimum atomic E-state index is -3.75. The van der Waals surface area contributed by atoms with Crippen molar-refractivity contribution < 1.29 is 32.6 Å². The van der Waals surface area contributed by atoms with E-state index in [1.54, 1.807) is 4.90 Å². The van der Waals surface area contributed by atoms with Gasteiger partial charge in [0.15, 0.2) is 6.10 Å². The number of ether oxygens (including phenoxy) is 2. The summed E-state index contributed by atoms with van der Waals surface area (Å²) in [4.78, 5) is 24.8. The molecule has 1 aromatic rings. The summed E-state index contributed by atoms with van der Waals surface area (Å²) in [6, 6.07) is 1.16. The summed E-state index contributed by atoms with van der Waals surface area (Å²) in [7, 11) is -3.75. The molecule has 1 N–H and O–H groups in total. The molecular formula is C14H18N2O7S2. The Bertz CT molecular complexity index is 747. The van der Waals surface area contributed by atoms with Crippen molar-refractivity contribution in [3.8, 4) is 0 Å². The molecule has 0 radical (unpaired) electrons. The molecule has 0 aromatic carbocycles. The van der Waals surface area contributed by atoms with Crippen molar-refractivity contribution in [2.45, 2.75) is 10.3 Å². The number of hydrogen-bond donors (Lipinski definition) is 1. The van der Waals surface area contributed by atoms with Crippen molar-refractivity contribution in [2.24, 2.45) is 0 Å². The second-order valence-corrected chi connectivity index (χ2v) is 8.70. The minimum absolute atomic E-state index is 0.00584. The quantitative estimate of drug-likeness (QED) is 0.750. The number of thiophene rings is 1. The first-order valence-electron chi connectivity index (χ1n) is 7.69. The van der Waals surface area contributed by atoms with Gasteiger partial charge in [-0.1, -0.05) is 0 Å². The van der Waals surface area contributed by atoms with Crippen molar-refractivity contribution in [2.75, 3.05) is 46.0 Å². The van der Waals surface area contributed by atoms with E-state index in [4.69, 9.17) is 14.6 Å². The van der Waals surface area contributed by atoms with Gasteiger partial charge in [0.05, 0.1) is 25.4 Å². The molecule has 1 aromatic heterocycles. The average molecular weight is 390 g/mol. The van der Waals surface area contributed by atoms with Crippen LogP contribution in [0.2, 0.25) is 0 Å². The van der Waals surface area contributed by atoms with E-state index in [1.807, 2.05) is 0 Å². The van der Waals surface area contributed by atoms with E-state index >= 15 is 0 Å². The van der Waals surface area contributed by atoms with Gasteiger partial charge in [-0.2, -0.15) is 4.31 Å². The summed E-state index contributed by atoms with van der Waals surface area (Å²) in [6.07, 6.45) is -0.632. The van der Waals surface area contributed by atoms with Crippen LogP contribution in [0, 0.1) is 0 Å². The second kappa shape index (κ2) is 7.38. The van der Waals surface area contributed by atoms with Gasteiger partial charge in [-0.15, -0.1) is 11.3 Å². The summed E-state index contributed by atoms with van der Waals surface area (Å²) in [5, 5.41) is 10.2. The molecule has 0 saturated carbocycles. The minimum Gasteiger partial charge on any atom is -0.478 e. The first kappa shape index (κ1) is 18.3. The highest BCUT2D eigenvalue weighted by molar-refractivity contribution is 7.91. The normalized spacial score (nSPS) is 22.7. The van der Waals surface area contributed by atoms with E-state index < -0.39 is 22.1 Å². The molecule has 2 aliphatic heterocycles. The lowest BCUT2D eigenvalue weighted by atomic mass is 10.2. The summed E-state index contributed by atoms with van der Waals surface area (Å²) in [5.74, 6) is -1.36. The van der Waals surface area contributed by atoms with Gasteiger partial charge >= 0.3 is 5.97 Å². The Hall–Kier alpha value is -1.53. The number of carboxylic acid groups (broad SMARTS) is 1. The maximum Gasteiger partial charge on any atom is 0.336 e. The fourth-order valence-electron chi connectivity index (χ4n) is 2.67. The average Bonchev–Trinajstić information content (AvgIpc) is 3.13. The molecule has 3 rings (SSSR count). The third-order valence-corrected chi connectivity index (χ3v) is 7.37. The van der Waals surface area contributed by atoms with Crippen molar-refractivity contribution in [3.63, 3.8) is 0 Å². The van der Waals surface area contributed by atoms with Crippen LogP contribution < -0.4 is 0 Å². The SMILES string of the molecule is O=C(O)c1csc(S(=O)(=O)N2CCN(C(=O)C3COCCO3)CC2)c1. The molecule has 2 saturated heterocycles. The van der Waals surface area contributed by atoms with E-state index in [2.05, 4.69) is 0 Å². The second-order valence-electron chi connectivity index (χ2n) is 5.62. The van der Waals surface area contributed by atoms with Crippen molar-refractivity contribution in [1.29, 1.82) is 0 Å². The zero-order chi connectivity index (χ0) is 18.0. The van der Waals surface area contributed by atoms with Crippen LogP contribution >= 0.6 is 11.3 Å². The van der Waals surface area contributed by atoms with Crippen molar-refractivity contribution in [3.05, 3.63) is 17.0 Å². The molecule has 1 amide bonds. The number of carbonyl (C=O) groups is 2. The molecule has 3 heterocycles. The number of carboxylic acids is 1. The standard InChI is InChI=1S/C14H18N2O7S2/c17-13(11-8-22-5-6-23-11)15-1-3-16(4-2-15)25(20,21)12-7-10(9-24-12)14(18)19/h7,9,11H,1-6,8H2,(H,18,19). The fraction of sp³-hybridized carbons (Fsp3) is 0.571. The summed E-state index contributed by atoms with van der Waals surface area (Å²) in [6.45, 7) is 1.88. The van der Waals surface area contributed by atoms with E-state index in [0.29, 0.717) is 13.2 Å². The first-order valence-corrected chi connectivity index (χ1v) is 10.0. The fourth-order valence-corrected chi connectivity index (χ4v) is 5.40. The van der Waals surface area contributed by atoms with Gasteiger partial charge in [0.25, 0.3) is 15.9 Å². The van der Waals surface area contributed by atoms with Gasteiger partial charge < -0.3 is 19.5 Å². The Balaban J connectivity index is 1.62. The number of hydrogen-bond acceptors (Lipinski definition) is 7. The number of piperazine rings is 1. The lowest BCUT2D eigenvalue weighted by Crippen LogP contribution is -2.54. The Morgan fingerprint density at radius 3 is 2.48 bits per heavy atom. The zero-order valence-corrected chi connectivity index (χ0v) is 14.9. The Kier molecular flexibility index (Phi) is 5.39. The predicted octanol–water partition coefficient (Wildman–Crippen LogP) is -0.305. The number of carbonyl (C=O) groups excluding carboxylic acids is 1. The smallest absolute Gasteiger partial charge is 0.336 e. The maximum atomic E-state index is 12.6. The highest BCUT2D eigenvalue weighted by Crippen LogP contribution is 2.25. The molecule has 138 valence electrons. The number of sulfonamides is 1. The largest absolute Gasteiger partial charge is 0.478 e. The molecule has 1 unspecified atom stereocenters. The van der Waals surface area contributed by atoms with Crippen LogP contribution in [0.3, 0.4) is 0 Å². The predicted molar refractivity (Wildman–Crippen MR) is 87.2 cm³/mol. The topological polar surface area (TPSA) is 113 Å². The Morgan fingerprint density at radius 1 is 1.20 bits per heavy atom. The van der Waals surface area contributed by atoms with Gasteiger partial charge in [0.2, 0.25) is 0 Å². The van der Waals surface area contributed by atoms with Gasteiger partial charge in [0.1, 0.15) is 4.21 Å². The van der Waals surface area contributed by atoms with Crippen LogP contribution in [0.1, 0.15) is 10.4 Å². The number of aromatic carboxylic acids is 1. The molecule has 2 fully saturated rings. The van der Waals surface area contributed by atoms with Crippen LogP contribution in [0.5, 0.6) is 0 Å². The molecule has 1 atom stereocenters. The summed E-state index contributed by atoms with van der Waals surface area (Å²) in [5.41, 5.74) is -0.0492. The molecule has 2 aliphatic rings. The van der Waals surface area contributed by atoms with E-state index in [9.17, 15) is 18.0 Å². The summed E-state index contributed by atoms with van der Waals surface area (Å²) < 4.78 is 37.1. The van der Waals surface area contributed by atoms with Crippen molar-refractivity contribution in [1.82, 2.24) is 9.21 Å². The molecule has 9 nitrogen and oxygen atoms in total. The maximum absolute atomic E-state index is 12.6. The molecule has 0 aliphatic carbocycles. The lowest BCUT2D eigenvalue weighted by Gasteiger charge is -2.36. The van der Waals surface area contributed by atoms with Gasteiger partial charge in [-0.25, -0.2) is 13.2 Å². The molecule has 25 heavy (non-hydrogen) atoms. The van der Waals surface area contributed by atoms with Gasteiger partial charge in [-0.05, 0) is 6.07 Å². The zero-order valence-electron chi connectivity index (χ0n) is 13.3. The lowest BCUT2D eigenvalue weighted by molar-refractivity contribution is -0.159. The highest BCUT2D eigenvalue weighted by atomic mass is 32.2. The highest BCUT2D eigenvalue weighted by Gasteiger charge is 2.34. The summed E-state index contributed by atoms with van der Waals surface area (Å²) >= 11 is 0.881. The molecular weight excluding hydrogens is 372 g/mol. The van der Waals surface area contributed by atoms with Crippen molar-refractivity contribution >= 4 is 33.2 Å². The van der Waals surface area contributed by atoms with Crippen LogP contribution in [0.4, 0.5) is 0 Å². The molecule has 0 bridgehead atoms. The van der Waals surface area contributed by atoms with Crippen LogP contribution in [0.15, 0.2) is 15.7 Å². The number of amides is 1. The number of rotatable bonds is 4. The first-order chi connectivity index (χ1) is 11.9. The molecule has 11 heteroatoms. The van der Waals surface area contributed by atoms with E-state index in [0.717, 1.165) is 17.4 Å². The van der Waals surface area contributed by atoms with Gasteiger partial charge in [-0.3, -0.25) is 4.79 Å². The van der Waals surface area contributed by atoms with E-state index in [-0.39, 0.29) is 48.5 Å². The van der Waals surface area contributed by atoms with E-state index in [1.165, 1.54) is 9.69 Å². The van der Waals surface area contributed by atoms with Crippen LogP contribution in [0.25, 0.3) is 0 Å². The monoisotopic (exact) mass is 390 g/mol.